The van der Waals surface area contributed by atoms with Crippen LogP contribution in [-0.2, 0) is 24.1 Å². The van der Waals surface area contributed by atoms with Crippen LogP contribution in [0.3, 0.4) is 0 Å². The molecule has 0 aromatic heterocycles. The number of alkyl halides is 3. The van der Waals surface area contributed by atoms with Gasteiger partial charge in [-0.1, -0.05) is 30.3 Å². The monoisotopic (exact) mass is 509 g/mol. The van der Waals surface area contributed by atoms with E-state index < -0.39 is 52.9 Å². The third kappa shape index (κ3) is 4.64. The number of esters is 1. The molecule has 3 N–H and O–H groups in total. The lowest BCUT2D eigenvalue weighted by atomic mass is 9.70. The van der Waals surface area contributed by atoms with Crippen LogP contribution in [0, 0.1) is 11.8 Å². The first kappa shape index (κ1) is 25.5. The lowest BCUT2D eigenvalue weighted by molar-refractivity contribution is -0.279. The van der Waals surface area contributed by atoms with Crippen LogP contribution in [0.15, 0.2) is 47.9 Å². The molecule has 36 heavy (non-hydrogen) atoms. The lowest BCUT2D eigenvalue weighted by Gasteiger charge is -2.40. The highest BCUT2D eigenvalue weighted by Gasteiger charge is 2.49. The number of rotatable bonds is 3. The van der Waals surface area contributed by atoms with E-state index in [0.717, 1.165) is 11.1 Å². The van der Waals surface area contributed by atoms with Crippen LogP contribution >= 0.6 is 0 Å². The van der Waals surface area contributed by atoms with E-state index in [2.05, 4.69) is 10.2 Å². The van der Waals surface area contributed by atoms with E-state index in [1.807, 2.05) is 0 Å². The lowest BCUT2D eigenvalue weighted by Crippen LogP contribution is -2.65. The second-order valence-electron chi connectivity index (χ2n) is 8.61. The van der Waals surface area contributed by atoms with Gasteiger partial charge in [0.25, 0.3) is 0 Å². The maximum atomic E-state index is 13.5. The van der Waals surface area contributed by atoms with E-state index in [-0.39, 0.29) is 30.0 Å². The second-order valence-corrected chi connectivity index (χ2v) is 8.61. The van der Waals surface area contributed by atoms with Crippen molar-refractivity contribution in [2.75, 3.05) is 13.2 Å². The minimum atomic E-state index is -5.33. The number of ether oxygens (including phenoxy) is 1. The third-order valence-corrected chi connectivity index (χ3v) is 6.09. The van der Waals surface area contributed by atoms with Gasteiger partial charge in [0, 0.05) is 17.7 Å². The van der Waals surface area contributed by atoms with Crippen LogP contribution in [0.25, 0.3) is 0 Å². The summed E-state index contributed by atoms with van der Waals surface area (Å²) in [4.78, 5) is 60.4. The number of nitrogens with zero attached hydrogens (tertiary/aromatic N) is 1. The van der Waals surface area contributed by atoms with Crippen LogP contribution in [0.5, 0.6) is 0 Å². The van der Waals surface area contributed by atoms with Gasteiger partial charge in [0.1, 0.15) is 0 Å². The molecule has 10 nitrogen and oxygen atoms in total. The van der Waals surface area contributed by atoms with Crippen molar-refractivity contribution in [1.29, 1.82) is 0 Å². The molecule has 1 saturated heterocycles. The SMILES string of the molecule is C[C@]1(N)C(=O)OOCCCCN1NC1=C(OC(=O)C(F)(F)F)C=CC2C(=O)c3ccccc3C(=O)C12. The molecule has 1 fully saturated rings. The average molecular weight is 509 g/mol. The van der Waals surface area contributed by atoms with Crippen molar-refractivity contribution in [1.82, 2.24) is 10.4 Å². The van der Waals surface area contributed by atoms with Gasteiger partial charge in [-0.15, -0.1) is 0 Å². The summed E-state index contributed by atoms with van der Waals surface area (Å²) in [6, 6.07) is 6.02. The highest BCUT2D eigenvalue weighted by atomic mass is 19.4. The number of carbonyl (C=O) groups is 4. The summed E-state index contributed by atoms with van der Waals surface area (Å²) in [5, 5.41) is 1.15. The molecule has 0 amide bonds. The Morgan fingerprint density at radius 2 is 1.83 bits per heavy atom. The van der Waals surface area contributed by atoms with Gasteiger partial charge in [-0.05, 0) is 25.8 Å². The van der Waals surface area contributed by atoms with Crippen molar-refractivity contribution in [3.05, 3.63) is 59.0 Å². The number of nitrogens with one attached hydrogen (secondary N) is 1. The molecule has 0 bridgehead atoms. The first-order valence-corrected chi connectivity index (χ1v) is 11.0. The normalized spacial score (nSPS) is 27.3. The first-order chi connectivity index (χ1) is 16.9. The zero-order valence-corrected chi connectivity index (χ0v) is 19.0. The summed E-state index contributed by atoms with van der Waals surface area (Å²) in [5.74, 6) is -7.69. The fraction of sp³-hybridized carbons (Fsp3) is 0.391. The molecule has 192 valence electrons. The number of hydrogen-bond acceptors (Lipinski definition) is 10. The highest BCUT2D eigenvalue weighted by molar-refractivity contribution is 6.17. The van der Waals surface area contributed by atoms with Crippen molar-refractivity contribution < 1.29 is 46.9 Å². The average Bonchev–Trinajstić information content (AvgIpc) is 2.88. The number of ketones is 2. The van der Waals surface area contributed by atoms with Crippen LogP contribution < -0.4 is 11.2 Å². The Kier molecular flexibility index (Phi) is 6.73. The largest absolute Gasteiger partial charge is 0.491 e. The Bertz CT molecular complexity index is 1180. The molecule has 0 radical (unpaired) electrons. The summed E-state index contributed by atoms with van der Waals surface area (Å²) in [6.45, 7) is 1.41. The van der Waals surface area contributed by atoms with E-state index in [0.29, 0.717) is 12.8 Å². The molecule has 4 rings (SSSR count). The number of nitrogens with two attached hydrogens (primary N) is 1. The van der Waals surface area contributed by atoms with Crippen molar-refractivity contribution in [3.8, 4) is 0 Å². The molecular weight excluding hydrogens is 487 g/mol. The van der Waals surface area contributed by atoms with Gasteiger partial charge >= 0.3 is 18.1 Å². The van der Waals surface area contributed by atoms with E-state index in [1.54, 1.807) is 12.1 Å². The standard InChI is InChI=1S/C23H22F3N3O7/c1-22(27)20(32)36-34-11-5-4-10-29(22)28-17-15(35-21(33)23(24,25)26)9-8-14-16(17)19(31)13-7-3-2-6-12(13)18(14)30/h2-3,6-9,14,16,28H,4-5,10-11,27H2,1H3/t14?,16?,22-/m1/s1. The number of carbonyl (C=O) groups excluding carboxylic acids is 4. The molecule has 1 aromatic carbocycles. The van der Waals surface area contributed by atoms with Crippen molar-refractivity contribution in [2.45, 2.75) is 31.6 Å². The minimum absolute atomic E-state index is 0.0626. The summed E-state index contributed by atoms with van der Waals surface area (Å²) in [7, 11) is 0. The van der Waals surface area contributed by atoms with Crippen molar-refractivity contribution in [2.24, 2.45) is 17.6 Å². The number of halogens is 3. The van der Waals surface area contributed by atoms with E-state index in [9.17, 15) is 32.3 Å². The number of Topliss-reactive ketones (excluding diaryl/α,β-unsaturated/α-hetero) is 2. The predicted octanol–water partition coefficient (Wildman–Crippen LogP) is 1.93. The molecular formula is C23H22F3N3O7. The van der Waals surface area contributed by atoms with Gasteiger partial charge < -0.3 is 15.9 Å². The zero-order chi connectivity index (χ0) is 26.3. The topological polar surface area (TPSA) is 137 Å². The van der Waals surface area contributed by atoms with E-state index in [4.69, 9.17) is 15.5 Å². The van der Waals surface area contributed by atoms with Gasteiger partial charge in [-0.3, -0.25) is 14.5 Å². The number of benzene rings is 1. The molecule has 2 aliphatic carbocycles. The molecule has 13 heteroatoms. The molecule has 1 heterocycles. The Morgan fingerprint density at radius 3 is 2.50 bits per heavy atom. The van der Waals surface area contributed by atoms with Crippen LogP contribution in [0.2, 0.25) is 0 Å². The van der Waals surface area contributed by atoms with E-state index >= 15 is 0 Å². The molecule has 1 aromatic rings. The maximum absolute atomic E-state index is 13.5. The third-order valence-electron chi connectivity index (χ3n) is 6.09. The second kappa shape index (κ2) is 9.48. The first-order valence-electron chi connectivity index (χ1n) is 11.0. The quantitative estimate of drug-likeness (QED) is 0.459. The number of hydrazine groups is 1. The Morgan fingerprint density at radius 1 is 1.17 bits per heavy atom. The summed E-state index contributed by atoms with van der Waals surface area (Å²) in [5.41, 5.74) is 6.88. The summed E-state index contributed by atoms with van der Waals surface area (Å²) >= 11 is 0. The maximum Gasteiger partial charge on any atom is 0.491 e. The van der Waals surface area contributed by atoms with E-state index in [1.165, 1.54) is 25.1 Å². The Hall–Kier alpha value is -3.55. The molecule has 0 saturated carbocycles. The molecule has 3 aliphatic rings. The number of hydrogen-bond donors (Lipinski definition) is 2. The van der Waals surface area contributed by atoms with Gasteiger partial charge in [0.2, 0.25) is 0 Å². The predicted molar refractivity (Wildman–Crippen MR) is 114 cm³/mol. The van der Waals surface area contributed by atoms with Crippen molar-refractivity contribution in [3.63, 3.8) is 0 Å². The fourth-order valence-corrected chi connectivity index (χ4v) is 4.16. The number of allylic oxidation sites excluding steroid dienone is 3. The Balaban J connectivity index is 1.81. The molecule has 1 aliphatic heterocycles. The van der Waals surface area contributed by atoms with Crippen LogP contribution in [0.1, 0.15) is 40.5 Å². The highest BCUT2D eigenvalue weighted by Crippen LogP contribution is 2.40. The smallest absolute Gasteiger partial charge is 0.418 e. The van der Waals surface area contributed by atoms with Gasteiger partial charge in [-0.2, -0.15) is 23.1 Å². The zero-order valence-electron chi connectivity index (χ0n) is 19.0. The fourth-order valence-electron chi connectivity index (χ4n) is 4.16. The minimum Gasteiger partial charge on any atom is -0.418 e. The summed E-state index contributed by atoms with van der Waals surface area (Å²) in [6.07, 6.45) is -2.26. The Labute approximate surface area is 202 Å². The van der Waals surface area contributed by atoms with Gasteiger partial charge in [-0.25, -0.2) is 9.59 Å². The molecule has 0 spiro atoms. The molecule has 2 unspecified atom stereocenters. The van der Waals surface area contributed by atoms with Crippen LogP contribution in [0.4, 0.5) is 13.2 Å². The number of fused-ring (bicyclic) bond motifs is 2. The molecule has 3 atom stereocenters. The van der Waals surface area contributed by atoms with Gasteiger partial charge in [0.05, 0.1) is 24.1 Å². The van der Waals surface area contributed by atoms with Crippen LogP contribution in [-0.4, -0.2) is 53.5 Å². The van der Waals surface area contributed by atoms with Crippen molar-refractivity contribution >= 4 is 23.5 Å². The van der Waals surface area contributed by atoms with Gasteiger partial charge in [0.15, 0.2) is 23.0 Å². The summed E-state index contributed by atoms with van der Waals surface area (Å²) < 4.78 is 43.6.